The number of allylic oxidation sites excluding steroid dienone is 4. The van der Waals surface area contributed by atoms with E-state index < -0.39 is 0 Å². The first-order valence-electron chi connectivity index (χ1n) is 7.50. The second kappa shape index (κ2) is 4.67. The van der Waals surface area contributed by atoms with Gasteiger partial charge >= 0.3 is 0 Å². The van der Waals surface area contributed by atoms with E-state index in [0.717, 1.165) is 17.8 Å². The SMILES string of the molecule is Cc1cc(C)c(C2CC3C=CC=CC3C2)c(C)c1C. The van der Waals surface area contributed by atoms with Gasteiger partial charge in [0.15, 0.2) is 0 Å². The summed E-state index contributed by atoms with van der Waals surface area (Å²) in [5.74, 6) is 2.30. The van der Waals surface area contributed by atoms with Gasteiger partial charge < -0.3 is 0 Å². The highest BCUT2D eigenvalue weighted by atomic mass is 14.4. The third-order valence-electron chi connectivity index (χ3n) is 5.32. The van der Waals surface area contributed by atoms with Gasteiger partial charge in [-0.25, -0.2) is 0 Å². The molecule has 0 spiro atoms. The van der Waals surface area contributed by atoms with Crippen LogP contribution in [0.25, 0.3) is 0 Å². The van der Waals surface area contributed by atoms with E-state index >= 15 is 0 Å². The molecule has 0 saturated heterocycles. The van der Waals surface area contributed by atoms with Gasteiger partial charge in [-0.15, -0.1) is 0 Å². The molecule has 1 aromatic rings. The molecule has 2 aliphatic rings. The number of fused-ring (bicyclic) bond motifs is 1. The highest BCUT2D eigenvalue weighted by Gasteiger charge is 2.34. The Bertz CT molecular complexity index is 540. The Hall–Kier alpha value is -1.30. The van der Waals surface area contributed by atoms with Gasteiger partial charge in [-0.1, -0.05) is 30.4 Å². The van der Waals surface area contributed by atoms with Crippen molar-refractivity contribution < 1.29 is 0 Å². The van der Waals surface area contributed by atoms with E-state index in [1.165, 1.54) is 35.1 Å². The van der Waals surface area contributed by atoms with Crippen LogP contribution in [0, 0.1) is 39.5 Å². The molecule has 2 aliphatic carbocycles. The standard InChI is InChI=1S/C19H24/c1-12-9-13(2)19(15(4)14(12)3)18-10-16-7-5-6-8-17(16)11-18/h5-9,16-18H,10-11H2,1-4H3. The Labute approximate surface area is 117 Å². The first-order chi connectivity index (χ1) is 9.08. The van der Waals surface area contributed by atoms with E-state index in [9.17, 15) is 0 Å². The molecule has 0 radical (unpaired) electrons. The highest BCUT2D eigenvalue weighted by molar-refractivity contribution is 5.46. The first kappa shape index (κ1) is 12.7. The van der Waals surface area contributed by atoms with Crippen molar-refractivity contribution in [2.45, 2.75) is 46.5 Å². The summed E-state index contributed by atoms with van der Waals surface area (Å²) in [7, 11) is 0. The lowest BCUT2D eigenvalue weighted by Crippen LogP contribution is -2.03. The maximum Gasteiger partial charge on any atom is -0.0145 e. The quantitative estimate of drug-likeness (QED) is 0.648. The minimum atomic E-state index is 0.752. The van der Waals surface area contributed by atoms with Crippen LogP contribution < -0.4 is 0 Å². The van der Waals surface area contributed by atoms with E-state index in [1.54, 1.807) is 5.56 Å². The Kier molecular flexibility index (Phi) is 3.12. The van der Waals surface area contributed by atoms with Gasteiger partial charge in [-0.3, -0.25) is 0 Å². The molecule has 0 heteroatoms. The molecule has 0 aromatic heterocycles. The van der Waals surface area contributed by atoms with Crippen LogP contribution in [0.15, 0.2) is 30.4 Å². The van der Waals surface area contributed by atoms with Crippen LogP contribution in [0.2, 0.25) is 0 Å². The summed E-state index contributed by atoms with van der Waals surface area (Å²) in [6.45, 7) is 9.12. The summed E-state index contributed by atoms with van der Waals surface area (Å²) in [4.78, 5) is 0. The smallest absolute Gasteiger partial charge is 0.0145 e. The molecule has 100 valence electrons. The number of rotatable bonds is 1. The van der Waals surface area contributed by atoms with E-state index in [1.807, 2.05) is 0 Å². The van der Waals surface area contributed by atoms with Gasteiger partial charge in [-0.2, -0.15) is 0 Å². The minimum absolute atomic E-state index is 0.752. The van der Waals surface area contributed by atoms with Crippen LogP contribution in [-0.2, 0) is 0 Å². The molecule has 0 amide bonds. The lowest BCUT2D eigenvalue weighted by molar-refractivity contribution is 0.552. The van der Waals surface area contributed by atoms with Crippen molar-refractivity contribution in [3.8, 4) is 0 Å². The molecule has 0 heterocycles. The minimum Gasteiger partial charge on any atom is -0.0808 e. The van der Waals surface area contributed by atoms with Crippen LogP contribution in [0.4, 0.5) is 0 Å². The van der Waals surface area contributed by atoms with Crippen molar-refractivity contribution in [1.29, 1.82) is 0 Å². The first-order valence-corrected chi connectivity index (χ1v) is 7.50. The van der Waals surface area contributed by atoms with Crippen LogP contribution in [-0.4, -0.2) is 0 Å². The lowest BCUT2D eigenvalue weighted by Gasteiger charge is -2.20. The largest absolute Gasteiger partial charge is 0.0808 e. The number of hydrogen-bond donors (Lipinski definition) is 0. The average Bonchev–Trinajstić information content (AvgIpc) is 2.79. The lowest BCUT2D eigenvalue weighted by atomic mass is 9.85. The van der Waals surface area contributed by atoms with Crippen molar-refractivity contribution in [3.05, 3.63) is 58.2 Å². The molecule has 1 aromatic carbocycles. The molecule has 19 heavy (non-hydrogen) atoms. The fourth-order valence-corrected chi connectivity index (χ4v) is 4.13. The molecule has 1 fully saturated rings. The zero-order valence-electron chi connectivity index (χ0n) is 12.5. The maximum atomic E-state index is 2.41. The van der Waals surface area contributed by atoms with E-state index in [-0.39, 0.29) is 0 Å². The average molecular weight is 252 g/mol. The van der Waals surface area contributed by atoms with Crippen molar-refractivity contribution in [3.63, 3.8) is 0 Å². The second-order valence-corrected chi connectivity index (χ2v) is 6.44. The monoisotopic (exact) mass is 252 g/mol. The Morgan fingerprint density at radius 1 is 0.789 bits per heavy atom. The van der Waals surface area contributed by atoms with Gasteiger partial charge in [0.1, 0.15) is 0 Å². The zero-order valence-corrected chi connectivity index (χ0v) is 12.5. The zero-order chi connectivity index (χ0) is 13.6. The third kappa shape index (κ3) is 2.08. The Morgan fingerprint density at radius 3 is 1.95 bits per heavy atom. The van der Waals surface area contributed by atoms with Crippen LogP contribution in [0.5, 0.6) is 0 Å². The number of benzene rings is 1. The fourth-order valence-electron chi connectivity index (χ4n) is 4.13. The van der Waals surface area contributed by atoms with Crippen molar-refractivity contribution in [2.24, 2.45) is 11.8 Å². The summed E-state index contributed by atoms with van der Waals surface area (Å²) in [6.07, 6.45) is 11.9. The predicted molar refractivity (Wildman–Crippen MR) is 82.6 cm³/mol. The summed E-state index contributed by atoms with van der Waals surface area (Å²) in [5, 5.41) is 0. The molecule has 3 rings (SSSR count). The maximum absolute atomic E-state index is 2.41. The fraction of sp³-hybridized carbons (Fsp3) is 0.474. The molecule has 0 N–H and O–H groups in total. The second-order valence-electron chi connectivity index (χ2n) is 6.44. The van der Waals surface area contributed by atoms with Crippen molar-refractivity contribution in [1.82, 2.24) is 0 Å². The summed E-state index contributed by atoms with van der Waals surface area (Å²) >= 11 is 0. The number of hydrogen-bond acceptors (Lipinski definition) is 0. The summed E-state index contributed by atoms with van der Waals surface area (Å²) < 4.78 is 0. The van der Waals surface area contributed by atoms with Gasteiger partial charge in [0.05, 0.1) is 0 Å². The molecule has 0 aliphatic heterocycles. The molecular formula is C19H24. The van der Waals surface area contributed by atoms with Gasteiger partial charge in [-0.05, 0) is 86.1 Å². The topological polar surface area (TPSA) is 0 Å². The molecule has 0 bridgehead atoms. The molecule has 2 unspecified atom stereocenters. The normalized spacial score (nSPS) is 28.7. The van der Waals surface area contributed by atoms with Gasteiger partial charge in [0.25, 0.3) is 0 Å². The molecule has 0 nitrogen and oxygen atoms in total. The Morgan fingerprint density at radius 2 is 1.37 bits per heavy atom. The van der Waals surface area contributed by atoms with E-state index in [0.29, 0.717) is 0 Å². The highest BCUT2D eigenvalue weighted by Crippen LogP contribution is 2.47. The third-order valence-corrected chi connectivity index (χ3v) is 5.32. The summed E-state index contributed by atoms with van der Waals surface area (Å²) in [6, 6.07) is 2.38. The van der Waals surface area contributed by atoms with Gasteiger partial charge in [0.2, 0.25) is 0 Å². The van der Waals surface area contributed by atoms with Crippen molar-refractivity contribution in [2.75, 3.05) is 0 Å². The molecular weight excluding hydrogens is 228 g/mol. The molecule has 2 atom stereocenters. The molecule has 1 saturated carbocycles. The predicted octanol–water partition coefficient (Wildman–Crippen LogP) is 5.16. The van der Waals surface area contributed by atoms with E-state index in [2.05, 4.69) is 58.1 Å². The van der Waals surface area contributed by atoms with E-state index in [4.69, 9.17) is 0 Å². The van der Waals surface area contributed by atoms with Crippen molar-refractivity contribution >= 4 is 0 Å². The van der Waals surface area contributed by atoms with Crippen LogP contribution >= 0.6 is 0 Å². The Balaban J connectivity index is 1.98. The van der Waals surface area contributed by atoms with Gasteiger partial charge in [0, 0.05) is 0 Å². The van der Waals surface area contributed by atoms with Crippen LogP contribution in [0.3, 0.4) is 0 Å². The van der Waals surface area contributed by atoms with Crippen LogP contribution in [0.1, 0.15) is 46.6 Å². The summed E-state index contributed by atoms with van der Waals surface area (Å²) in [5.41, 5.74) is 7.60. The number of aryl methyl sites for hydroxylation is 2.